The van der Waals surface area contributed by atoms with Gasteiger partial charge in [-0.3, -0.25) is 5.32 Å². The monoisotopic (exact) mass is 656 g/mol. The number of benzene rings is 7. The van der Waals surface area contributed by atoms with E-state index in [0.717, 1.165) is 55.3 Å². The van der Waals surface area contributed by atoms with Crippen LogP contribution in [0.5, 0.6) is 0 Å². The Kier molecular flexibility index (Phi) is 6.09. The van der Waals surface area contributed by atoms with E-state index in [1.165, 1.54) is 32.8 Å². The largest absolute Gasteiger partial charge is 0.454 e. The van der Waals surface area contributed by atoms with Crippen LogP contribution in [0.25, 0.3) is 76.9 Å². The minimum atomic E-state index is -0.297. The van der Waals surface area contributed by atoms with Crippen molar-refractivity contribution in [3.63, 3.8) is 0 Å². The molecule has 242 valence electrons. The Labute approximate surface area is 293 Å². The van der Waals surface area contributed by atoms with Gasteiger partial charge in [0.1, 0.15) is 5.58 Å². The number of fused-ring (bicyclic) bond motifs is 10. The number of furan rings is 1. The molecule has 0 saturated carbocycles. The molecule has 5 heteroatoms. The first-order valence-electron chi connectivity index (χ1n) is 17.5. The van der Waals surface area contributed by atoms with Crippen molar-refractivity contribution in [3.8, 4) is 5.69 Å². The number of nitrogens with one attached hydrogen (secondary N) is 2. The average molecular weight is 657 g/mol. The molecule has 1 aliphatic heterocycles. The predicted molar refractivity (Wildman–Crippen MR) is 210 cm³/mol. The summed E-state index contributed by atoms with van der Waals surface area (Å²) in [6.07, 6.45) is 2.01. The van der Waals surface area contributed by atoms with Crippen LogP contribution in [0.2, 0.25) is 0 Å². The maximum atomic E-state index is 6.80. The molecule has 5 nitrogen and oxygen atoms in total. The highest BCUT2D eigenvalue weighted by molar-refractivity contribution is 6.24. The molecular weight excluding hydrogens is 625 g/mol. The van der Waals surface area contributed by atoms with Gasteiger partial charge in [0.15, 0.2) is 11.9 Å². The topological polar surface area (TPSA) is 47.1 Å². The summed E-state index contributed by atoms with van der Waals surface area (Å²) in [5.74, 6) is 0. The van der Waals surface area contributed by atoms with Crippen LogP contribution in [-0.2, 0) is 0 Å². The van der Waals surface area contributed by atoms with Gasteiger partial charge in [-0.25, -0.2) is 0 Å². The predicted octanol–water partition coefficient (Wildman–Crippen LogP) is 11.2. The van der Waals surface area contributed by atoms with E-state index in [-0.39, 0.29) is 12.3 Å². The van der Waals surface area contributed by atoms with Crippen LogP contribution in [0.4, 0.5) is 0 Å². The van der Waals surface area contributed by atoms with Crippen LogP contribution in [0.1, 0.15) is 23.5 Å². The van der Waals surface area contributed by atoms with Gasteiger partial charge in [0, 0.05) is 43.7 Å². The molecule has 3 aromatic heterocycles. The molecule has 0 spiro atoms. The van der Waals surface area contributed by atoms with Crippen LogP contribution >= 0.6 is 0 Å². The van der Waals surface area contributed by atoms with E-state index in [1.807, 2.05) is 6.07 Å². The van der Waals surface area contributed by atoms with Gasteiger partial charge in [-0.2, -0.15) is 0 Å². The number of rotatable bonds is 4. The lowest BCUT2D eigenvalue weighted by Gasteiger charge is -2.34. The van der Waals surface area contributed by atoms with E-state index < -0.39 is 0 Å². The molecule has 10 aromatic rings. The Morgan fingerprint density at radius 2 is 1.16 bits per heavy atom. The molecule has 2 N–H and O–H groups in total. The molecule has 4 heterocycles. The second-order valence-electron chi connectivity index (χ2n) is 13.4. The Bertz CT molecular complexity index is 2970. The SMILES string of the molecule is C1=C(c2ccccc2)NC(n2c3cc4c5ccccc5n(-c5ccccc5)c4cc3c3ccc4c5ccccc5oc4c32)NC1c1ccccc1. The van der Waals surface area contributed by atoms with Crippen molar-refractivity contribution < 1.29 is 4.42 Å². The van der Waals surface area contributed by atoms with Crippen molar-refractivity contribution in [3.05, 3.63) is 181 Å². The van der Waals surface area contributed by atoms with Crippen molar-refractivity contribution >= 4 is 71.2 Å². The highest BCUT2D eigenvalue weighted by atomic mass is 16.3. The van der Waals surface area contributed by atoms with Gasteiger partial charge in [-0.05, 0) is 59.7 Å². The van der Waals surface area contributed by atoms with Crippen molar-refractivity contribution in [1.29, 1.82) is 0 Å². The molecule has 1 aliphatic rings. The number of hydrogen-bond donors (Lipinski definition) is 2. The van der Waals surface area contributed by atoms with Crippen LogP contribution in [0.3, 0.4) is 0 Å². The summed E-state index contributed by atoms with van der Waals surface area (Å²) in [5, 5.41) is 14.9. The molecule has 0 fully saturated rings. The fourth-order valence-electron chi connectivity index (χ4n) is 8.30. The summed E-state index contributed by atoms with van der Waals surface area (Å²) in [6.45, 7) is 0. The van der Waals surface area contributed by atoms with Gasteiger partial charge in [0.05, 0.1) is 28.1 Å². The lowest BCUT2D eigenvalue weighted by atomic mass is 10.0. The van der Waals surface area contributed by atoms with Crippen molar-refractivity contribution in [1.82, 2.24) is 19.8 Å². The first kappa shape index (κ1) is 28.3. The maximum Gasteiger partial charge on any atom is 0.160 e. The second kappa shape index (κ2) is 11.0. The molecule has 0 saturated heterocycles. The molecule has 0 aliphatic carbocycles. The van der Waals surface area contributed by atoms with Crippen molar-refractivity contribution in [2.24, 2.45) is 0 Å². The standard InChI is InChI=1S/C46H32N4O/c1-4-14-29(15-5-1)38-28-39(30-16-6-2-7-17-30)48-46(47-38)50-42-26-36-32-20-10-12-22-40(32)49(31-18-8-3-9-19-31)41(36)27-37(42)34-24-25-35-33-21-11-13-23-43(33)51-45(35)44(34)50/h1-28,38,46-48H. The van der Waals surface area contributed by atoms with Crippen molar-refractivity contribution in [2.75, 3.05) is 0 Å². The van der Waals surface area contributed by atoms with E-state index in [4.69, 9.17) is 4.42 Å². The Morgan fingerprint density at radius 3 is 1.98 bits per heavy atom. The van der Waals surface area contributed by atoms with Crippen molar-refractivity contribution in [2.45, 2.75) is 12.3 Å². The van der Waals surface area contributed by atoms with Gasteiger partial charge in [-0.1, -0.05) is 121 Å². The van der Waals surface area contributed by atoms with Crippen LogP contribution in [0.15, 0.2) is 174 Å². The van der Waals surface area contributed by atoms with Gasteiger partial charge in [0.25, 0.3) is 0 Å². The zero-order valence-electron chi connectivity index (χ0n) is 27.6. The Morgan fingerprint density at radius 1 is 0.510 bits per heavy atom. The molecule has 2 unspecified atom stereocenters. The fourth-order valence-corrected chi connectivity index (χ4v) is 8.30. The van der Waals surface area contributed by atoms with E-state index in [2.05, 4.69) is 184 Å². The highest BCUT2D eigenvalue weighted by Crippen LogP contribution is 2.44. The average Bonchev–Trinajstić information content (AvgIpc) is 3.85. The van der Waals surface area contributed by atoms with Gasteiger partial charge < -0.3 is 18.9 Å². The molecule has 0 radical (unpaired) electrons. The van der Waals surface area contributed by atoms with E-state index in [9.17, 15) is 0 Å². The van der Waals surface area contributed by atoms with Gasteiger partial charge >= 0.3 is 0 Å². The molecule has 2 atom stereocenters. The summed E-state index contributed by atoms with van der Waals surface area (Å²) < 4.78 is 11.6. The number of aromatic nitrogens is 2. The third-order valence-electron chi connectivity index (χ3n) is 10.6. The third kappa shape index (κ3) is 4.25. The number of nitrogens with zero attached hydrogens (tertiary/aromatic N) is 2. The summed E-state index contributed by atoms with van der Waals surface area (Å²) >= 11 is 0. The molecule has 0 bridgehead atoms. The Balaban J connectivity index is 1.25. The Hall–Kier alpha value is -6.56. The zero-order chi connectivity index (χ0) is 33.5. The molecule has 51 heavy (non-hydrogen) atoms. The fraction of sp³-hybridized carbons (Fsp3) is 0.0435. The van der Waals surface area contributed by atoms with Crippen LogP contribution < -0.4 is 10.6 Å². The minimum absolute atomic E-state index is 0.0289. The summed E-state index contributed by atoms with van der Waals surface area (Å²) in [4.78, 5) is 0. The van der Waals surface area contributed by atoms with Crippen LogP contribution in [-0.4, -0.2) is 9.13 Å². The quantitative estimate of drug-likeness (QED) is 0.198. The summed E-state index contributed by atoms with van der Waals surface area (Å²) in [7, 11) is 0. The van der Waals surface area contributed by atoms with Gasteiger partial charge in [0.2, 0.25) is 0 Å². The maximum absolute atomic E-state index is 6.80. The molecule has 11 rings (SSSR count). The minimum Gasteiger partial charge on any atom is -0.454 e. The first-order valence-corrected chi connectivity index (χ1v) is 17.5. The number of hydrogen-bond acceptors (Lipinski definition) is 3. The zero-order valence-corrected chi connectivity index (χ0v) is 27.6. The second-order valence-corrected chi connectivity index (χ2v) is 13.4. The molecular formula is C46H32N4O. The normalized spacial score (nSPS) is 16.4. The highest BCUT2D eigenvalue weighted by Gasteiger charge is 2.29. The third-order valence-corrected chi connectivity index (χ3v) is 10.6. The van der Waals surface area contributed by atoms with E-state index >= 15 is 0 Å². The van der Waals surface area contributed by atoms with Gasteiger partial charge in [-0.15, -0.1) is 0 Å². The molecule has 0 amide bonds. The number of para-hydroxylation sites is 3. The first-order chi connectivity index (χ1) is 25.3. The molecule has 7 aromatic carbocycles. The van der Waals surface area contributed by atoms with E-state index in [0.29, 0.717) is 0 Å². The summed E-state index contributed by atoms with van der Waals surface area (Å²) in [5.41, 5.74) is 10.9. The summed E-state index contributed by atoms with van der Waals surface area (Å²) in [6, 6.07) is 58.3. The lowest BCUT2D eigenvalue weighted by Crippen LogP contribution is -2.43. The lowest BCUT2D eigenvalue weighted by molar-refractivity contribution is 0.350. The van der Waals surface area contributed by atoms with E-state index in [1.54, 1.807) is 0 Å². The van der Waals surface area contributed by atoms with Crippen LogP contribution in [0, 0.1) is 0 Å². The smallest absolute Gasteiger partial charge is 0.160 e.